The number of thioether (sulfide) groups is 1. The zero-order valence-electron chi connectivity index (χ0n) is 28.1. The van der Waals surface area contributed by atoms with Gasteiger partial charge in [-0.15, -0.1) is 0 Å². The molecule has 2 aliphatic heterocycles. The quantitative estimate of drug-likeness (QED) is 0.186. The van der Waals surface area contributed by atoms with Gasteiger partial charge in [0.1, 0.15) is 0 Å². The Morgan fingerprint density at radius 3 is 2.20 bits per heavy atom. The summed E-state index contributed by atoms with van der Waals surface area (Å²) in [6, 6.07) is 44.0. The minimum atomic E-state index is -0.317. The molecule has 6 aromatic rings. The van der Waals surface area contributed by atoms with Crippen molar-refractivity contribution in [1.29, 1.82) is 0 Å². The van der Waals surface area contributed by atoms with Crippen molar-refractivity contribution >= 4 is 50.8 Å². The number of aromatic nitrogens is 1. The maximum Gasteiger partial charge on any atom is 0.235 e. The summed E-state index contributed by atoms with van der Waals surface area (Å²) in [6.45, 7) is 4.69. The van der Waals surface area contributed by atoms with E-state index in [1.54, 1.807) is 0 Å². The van der Waals surface area contributed by atoms with Crippen LogP contribution in [0.25, 0.3) is 38.5 Å². The first-order chi connectivity index (χ1) is 24.5. The van der Waals surface area contributed by atoms with Gasteiger partial charge in [-0.2, -0.15) is 0 Å². The Balaban J connectivity index is 1.13. The van der Waals surface area contributed by atoms with Gasteiger partial charge in [-0.1, -0.05) is 140 Å². The third-order valence-electron chi connectivity index (χ3n) is 11.1. The fourth-order valence-electron chi connectivity index (χ4n) is 8.40. The van der Waals surface area contributed by atoms with E-state index >= 15 is 0 Å². The molecular formula is C46H35N3S. The Kier molecular flexibility index (Phi) is 6.50. The highest BCUT2D eigenvalue weighted by Gasteiger charge is 2.42. The standard InChI is InChI=1S/C46H35N3S/c1-45-28-12-16-34(43(45)50-40-19-9-7-17-37(40)45)33-25-26-39-36(29-33)35-15-6-8-18-38(35)49(39)44-47-41-20-10-11-27-46(41,2)42(48-44)32-23-21-31(22-24-32)30-13-4-3-5-14-30/h3-26,29H,27-28H2,1-2H3. The number of aliphatic imine (C=N–C) groups is 2. The molecule has 50 heavy (non-hydrogen) atoms. The lowest BCUT2D eigenvalue weighted by atomic mass is 9.73. The number of para-hydroxylation sites is 1. The first-order valence-electron chi connectivity index (χ1n) is 17.4. The van der Waals surface area contributed by atoms with Gasteiger partial charge in [0.2, 0.25) is 5.96 Å². The highest BCUT2D eigenvalue weighted by Crippen LogP contribution is 2.58. The summed E-state index contributed by atoms with van der Waals surface area (Å²) in [5, 5.41) is 2.42. The molecule has 0 saturated carbocycles. The van der Waals surface area contributed by atoms with Gasteiger partial charge in [0.15, 0.2) is 0 Å². The Labute approximate surface area is 296 Å². The molecule has 2 aliphatic carbocycles. The Morgan fingerprint density at radius 1 is 0.620 bits per heavy atom. The molecule has 3 nitrogen and oxygen atoms in total. The van der Waals surface area contributed by atoms with Crippen molar-refractivity contribution in [3.8, 4) is 11.1 Å². The molecular weight excluding hydrogens is 627 g/mol. The second-order valence-corrected chi connectivity index (χ2v) is 15.2. The average Bonchev–Trinajstić information content (AvgIpc) is 3.66. The topological polar surface area (TPSA) is 29.6 Å². The van der Waals surface area contributed by atoms with E-state index in [1.165, 1.54) is 48.4 Å². The Bertz CT molecular complexity index is 2580. The van der Waals surface area contributed by atoms with Crippen molar-refractivity contribution < 1.29 is 0 Å². The predicted octanol–water partition coefficient (Wildman–Crippen LogP) is 11.8. The van der Waals surface area contributed by atoms with Gasteiger partial charge in [0.05, 0.1) is 27.9 Å². The molecule has 0 spiro atoms. The first kappa shape index (κ1) is 29.5. The third kappa shape index (κ3) is 4.31. The van der Waals surface area contributed by atoms with Crippen LogP contribution in [0.15, 0.2) is 177 Å². The number of hydrogen-bond donors (Lipinski definition) is 0. The highest BCUT2D eigenvalue weighted by atomic mass is 32.2. The molecule has 4 aliphatic rings. The van der Waals surface area contributed by atoms with Crippen molar-refractivity contribution in [2.24, 2.45) is 15.4 Å². The van der Waals surface area contributed by atoms with Gasteiger partial charge < -0.3 is 0 Å². The summed E-state index contributed by atoms with van der Waals surface area (Å²) in [6.07, 6.45) is 13.1. The van der Waals surface area contributed by atoms with Crippen LogP contribution in [-0.2, 0) is 5.41 Å². The molecule has 0 amide bonds. The summed E-state index contributed by atoms with van der Waals surface area (Å²) in [5.41, 5.74) is 11.6. The van der Waals surface area contributed by atoms with Crippen LogP contribution in [0.1, 0.15) is 43.4 Å². The van der Waals surface area contributed by atoms with Crippen LogP contribution in [0.4, 0.5) is 0 Å². The molecule has 0 bridgehead atoms. The SMILES string of the molecule is CC12CC=CC=C1N=C(n1c3ccccc3c3cc(C4=C5Sc6ccccc6C5(C)CC=C4)ccc31)N=C2c1ccc(-c2ccccc2)cc1. The van der Waals surface area contributed by atoms with E-state index in [0.29, 0.717) is 5.96 Å². The van der Waals surface area contributed by atoms with Crippen molar-refractivity contribution in [1.82, 2.24) is 4.57 Å². The van der Waals surface area contributed by atoms with E-state index in [2.05, 4.69) is 170 Å². The molecule has 4 heteroatoms. The van der Waals surface area contributed by atoms with E-state index < -0.39 is 0 Å². The van der Waals surface area contributed by atoms with Crippen LogP contribution in [0.5, 0.6) is 0 Å². The summed E-state index contributed by atoms with van der Waals surface area (Å²) >= 11 is 1.94. The van der Waals surface area contributed by atoms with Gasteiger partial charge in [-0.3, -0.25) is 4.57 Å². The largest absolute Gasteiger partial charge is 0.278 e. The number of benzene rings is 5. The molecule has 1 aromatic heterocycles. The third-order valence-corrected chi connectivity index (χ3v) is 12.6. The number of allylic oxidation sites excluding steroid dienone is 8. The lowest BCUT2D eigenvalue weighted by Crippen LogP contribution is -2.36. The molecule has 0 fully saturated rings. The molecule has 2 atom stereocenters. The Hall–Kier alpha value is -5.45. The smallest absolute Gasteiger partial charge is 0.235 e. The molecule has 3 heterocycles. The van der Waals surface area contributed by atoms with Crippen LogP contribution < -0.4 is 0 Å². The fourth-order valence-corrected chi connectivity index (χ4v) is 9.89. The van der Waals surface area contributed by atoms with Crippen LogP contribution in [0, 0.1) is 5.41 Å². The molecule has 0 radical (unpaired) electrons. The van der Waals surface area contributed by atoms with Crippen LogP contribution in [0.2, 0.25) is 0 Å². The number of fused-ring (bicyclic) bond motifs is 7. The summed E-state index contributed by atoms with van der Waals surface area (Å²) < 4.78 is 2.27. The molecule has 2 unspecified atom stereocenters. The number of nitrogens with zero attached hydrogens (tertiary/aromatic N) is 3. The Morgan fingerprint density at radius 2 is 1.32 bits per heavy atom. The van der Waals surface area contributed by atoms with E-state index in [0.717, 1.165) is 40.8 Å². The minimum Gasteiger partial charge on any atom is -0.278 e. The lowest BCUT2D eigenvalue weighted by molar-refractivity contribution is 0.548. The monoisotopic (exact) mass is 661 g/mol. The molecule has 0 N–H and O–H groups in total. The zero-order chi connectivity index (χ0) is 33.5. The van der Waals surface area contributed by atoms with Crippen molar-refractivity contribution in [3.05, 3.63) is 179 Å². The molecule has 0 saturated heterocycles. The van der Waals surface area contributed by atoms with Crippen molar-refractivity contribution in [2.75, 3.05) is 0 Å². The number of rotatable bonds is 3. The maximum atomic E-state index is 5.47. The fraction of sp³-hybridized carbons (Fsp3) is 0.130. The van der Waals surface area contributed by atoms with Crippen molar-refractivity contribution in [2.45, 2.75) is 37.0 Å². The van der Waals surface area contributed by atoms with Crippen LogP contribution in [-0.4, -0.2) is 16.2 Å². The van der Waals surface area contributed by atoms with Gasteiger partial charge in [-0.25, -0.2) is 9.98 Å². The lowest BCUT2D eigenvalue weighted by Gasteiger charge is -2.36. The second-order valence-electron chi connectivity index (χ2n) is 14.2. The summed E-state index contributed by atoms with van der Waals surface area (Å²) in [5.74, 6) is 0.707. The highest BCUT2D eigenvalue weighted by molar-refractivity contribution is 8.03. The van der Waals surface area contributed by atoms with E-state index in [4.69, 9.17) is 9.98 Å². The van der Waals surface area contributed by atoms with E-state index in [9.17, 15) is 0 Å². The summed E-state index contributed by atoms with van der Waals surface area (Å²) in [7, 11) is 0. The molecule has 10 rings (SSSR count). The predicted molar refractivity (Wildman–Crippen MR) is 211 cm³/mol. The van der Waals surface area contributed by atoms with Crippen LogP contribution >= 0.6 is 11.8 Å². The van der Waals surface area contributed by atoms with Gasteiger partial charge in [0.25, 0.3) is 0 Å². The second kappa shape index (κ2) is 11.0. The molecule has 5 aromatic carbocycles. The van der Waals surface area contributed by atoms with Gasteiger partial charge in [0, 0.05) is 26.0 Å². The normalized spacial score (nSPS) is 22.2. The molecule has 240 valence electrons. The van der Waals surface area contributed by atoms with Crippen molar-refractivity contribution in [3.63, 3.8) is 0 Å². The maximum absolute atomic E-state index is 5.47. The summed E-state index contributed by atoms with van der Waals surface area (Å²) in [4.78, 5) is 13.6. The van der Waals surface area contributed by atoms with Gasteiger partial charge >= 0.3 is 0 Å². The van der Waals surface area contributed by atoms with Crippen LogP contribution in [0.3, 0.4) is 0 Å². The average molecular weight is 662 g/mol. The van der Waals surface area contributed by atoms with E-state index in [-0.39, 0.29) is 10.8 Å². The first-order valence-corrected chi connectivity index (χ1v) is 18.3. The minimum absolute atomic E-state index is 0.00433. The van der Waals surface area contributed by atoms with E-state index in [1.807, 2.05) is 11.8 Å². The zero-order valence-corrected chi connectivity index (χ0v) is 28.9. The number of hydrogen-bond acceptors (Lipinski definition) is 3. The van der Waals surface area contributed by atoms with Gasteiger partial charge in [-0.05, 0) is 83.5 Å².